The summed E-state index contributed by atoms with van der Waals surface area (Å²) in [6.07, 6.45) is -2.20. The first-order valence-electron chi connectivity index (χ1n) is 6.09. The van der Waals surface area contributed by atoms with E-state index in [-0.39, 0.29) is 12.0 Å². The van der Waals surface area contributed by atoms with E-state index in [4.69, 9.17) is 14.5 Å². The van der Waals surface area contributed by atoms with Gasteiger partial charge in [0.25, 0.3) is 0 Å². The summed E-state index contributed by atoms with van der Waals surface area (Å²) in [6, 6.07) is 0. The Labute approximate surface area is 126 Å². The van der Waals surface area contributed by atoms with Gasteiger partial charge in [0.05, 0.1) is 18.8 Å². The van der Waals surface area contributed by atoms with Crippen molar-refractivity contribution in [1.82, 2.24) is 0 Å². The fourth-order valence-electron chi connectivity index (χ4n) is 1.76. The fourth-order valence-corrected chi connectivity index (χ4v) is 5.25. The summed E-state index contributed by atoms with van der Waals surface area (Å²) in [7, 11) is -14.8. The van der Waals surface area contributed by atoms with Gasteiger partial charge in [0.2, 0.25) is 0 Å². The highest BCUT2D eigenvalue weighted by Gasteiger charge is 2.43. The van der Waals surface area contributed by atoms with Crippen molar-refractivity contribution in [3.05, 3.63) is 0 Å². The van der Waals surface area contributed by atoms with Crippen LogP contribution in [0.15, 0.2) is 0 Å². The Morgan fingerprint density at radius 3 is 2.00 bits per heavy atom. The highest BCUT2D eigenvalue weighted by Crippen LogP contribution is 2.66. The van der Waals surface area contributed by atoms with Gasteiger partial charge in [-0.3, -0.25) is 9.09 Å². The second-order valence-corrected chi connectivity index (χ2v) is 9.97. The molecule has 22 heavy (non-hydrogen) atoms. The third-order valence-electron chi connectivity index (χ3n) is 2.91. The molecule has 14 heteroatoms. The number of hydrogen-bond acceptors (Lipinski definition) is 8. The quantitative estimate of drug-likeness (QED) is 0.459. The standard InChI is InChI=1S/C8H19O11P3/c1-5-6(2)17-7(8(5)9)4-16-21(12,13)19-22(14,15)18-20(3,10)11/h5-9H,4H2,1-3H3,(H,10,11)(H,12,13)(H,14,15)/t5?,6-,7+,8+/m0/s1. The molecule has 1 fully saturated rings. The van der Waals surface area contributed by atoms with Crippen molar-refractivity contribution in [2.75, 3.05) is 13.3 Å². The van der Waals surface area contributed by atoms with Gasteiger partial charge in [-0.1, -0.05) is 6.92 Å². The van der Waals surface area contributed by atoms with Crippen molar-refractivity contribution in [3.63, 3.8) is 0 Å². The second kappa shape index (κ2) is 7.09. The third-order valence-corrected chi connectivity index (χ3v) is 7.08. The number of aliphatic hydroxyl groups is 1. The lowest BCUT2D eigenvalue weighted by Gasteiger charge is -2.19. The minimum absolute atomic E-state index is 0.236. The summed E-state index contributed by atoms with van der Waals surface area (Å²) in [5, 5.41) is 9.79. The first-order chi connectivity index (χ1) is 9.72. The molecule has 11 nitrogen and oxygen atoms in total. The van der Waals surface area contributed by atoms with Crippen LogP contribution in [0.1, 0.15) is 13.8 Å². The van der Waals surface area contributed by atoms with Crippen LogP contribution >= 0.6 is 23.2 Å². The van der Waals surface area contributed by atoms with Crippen molar-refractivity contribution in [2.45, 2.75) is 32.2 Å². The Kier molecular flexibility index (Phi) is 6.58. The van der Waals surface area contributed by atoms with Gasteiger partial charge >= 0.3 is 23.2 Å². The lowest BCUT2D eigenvalue weighted by molar-refractivity contribution is -0.0167. The van der Waals surface area contributed by atoms with Crippen LogP contribution in [0.25, 0.3) is 0 Å². The molecule has 0 aliphatic carbocycles. The van der Waals surface area contributed by atoms with Crippen molar-refractivity contribution in [1.29, 1.82) is 0 Å². The van der Waals surface area contributed by atoms with E-state index in [1.165, 1.54) is 0 Å². The topological polar surface area (TPSA) is 169 Å². The molecule has 0 amide bonds. The van der Waals surface area contributed by atoms with Gasteiger partial charge in [-0.05, 0) is 6.92 Å². The van der Waals surface area contributed by atoms with Crippen LogP contribution < -0.4 is 0 Å². The number of phosphoric acid groups is 2. The number of rotatable bonds is 7. The molecule has 1 aliphatic rings. The smallest absolute Gasteiger partial charge is 0.390 e. The molecule has 132 valence electrons. The summed E-state index contributed by atoms with van der Waals surface area (Å²) in [4.78, 5) is 27.2. The van der Waals surface area contributed by atoms with Crippen molar-refractivity contribution in [3.8, 4) is 0 Å². The van der Waals surface area contributed by atoms with E-state index >= 15 is 0 Å². The average molecular weight is 384 g/mol. The van der Waals surface area contributed by atoms with Crippen LogP contribution in [-0.2, 0) is 31.6 Å². The molecule has 0 spiro atoms. The highest BCUT2D eigenvalue weighted by atomic mass is 31.3. The van der Waals surface area contributed by atoms with Crippen LogP contribution in [0, 0.1) is 5.92 Å². The predicted octanol–water partition coefficient (Wildman–Crippen LogP) is 0.836. The molecule has 7 atom stereocenters. The summed E-state index contributed by atoms with van der Waals surface area (Å²) in [5.74, 6) is -0.236. The molecule has 4 N–H and O–H groups in total. The lowest BCUT2D eigenvalue weighted by Crippen LogP contribution is -2.29. The Morgan fingerprint density at radius 2 is 1.59 bits per heavy atom. The maximum Gasteiger partial charge on any atom is 0.488 e. The van der Waals surface area contributed by atoms with Crippen LogP contribution in [0.3, 0.4) is 0 Å². The molecule has 0 aromatic rings. The zero-order valence-electron chi connectivity index (χ0n) is 12.0. The monoisotopic (exact) mass is 384 g/mol. The molecular weight excluding hydrogens is 365 g/mol. The van der Waals surface area contributed by atoms with Gasteiger partial charge in [0, 0.05) is 12.6 Å². The Balaban J connectivity index is 2.60. The molecule has 1 aliphatic heterocycles. The molecule has 1 heterocycles. The van der Waals surface area contributed by atoms with Crippen molar-refractivity contribution < 1.29 is 51.4 Å². The molecule has 1 saturated heterocycles. The van der Waals surface area contributed by atoms with E-state index in [2.05, 4.69) is 13.1 Å². The van der Waals surface area contributed by atoms with Crippen LogP contribution in [0.4, 0.5) is 0 Å². The van der Waals surface area contributed by atoms with Gasteiger partial charge < -0.3 is 24.5 Å². The van der Waals surface area contributed by atoms with E-state index in [1.54, 1.807) is 13.8 Å². The Morgan fingerprint density at radius 1 is 1.05 bits per heavy atom. The van der Waals surface area contributed by atoms with Gasteiger partial charge in [0.15, 0.2) is 0 Å². The number of aliphatic hydroxyl groups excluding tert-OH is 1. The largest absolute Gasteiger partial charge is 0.488 e. The lowest BCUT2D eigenvalue weighted by atomic mass is 10.00. The minimum Gasteiger partial charge on any atom is -0.390 e. The summed E-state index contributed by atoms with van der Waals surface area (Å²) in [6.45, 7) is 3.40. The third kappa shape index (κ3) is 6.47. The van der Waals surface area contributed by atoms with Gasteiger partial charge in [0.1, 0.15) is 6.10 Å². The first-order valence-corrected chi connectivity index (χ1v) is 11.1. The summed E-state index contributed by atoms with van der Waals surface area (Å²) < 4.78 is 51.1. The van der Waals surface area contributed by atoms with E-state index in [9.17, 15) is 23.7 Å². The molecule has 0 aromatic carbocycles. The minimum atomic E-state index is -5.29. The predicted molar refractivity (Wildman–Crippen MR) is 73.0 cm³/mol. The molecule has 4 unspecified atom stereocenters. The van der Waals surface area contributed by atoms with E-state index in [1.807, 2.05) is 0 Å². The zero-order chi connectivity index (χ0) is 17.3. The van der Waals surface area contributed by atoms with Crippen LogP contribution in [0.5, 0.6) is 0 Å². The molecule has 1 rings (SSSR count). The summed E-state index contributed by atoms with van der Waals surface area (Å²) >= 11 is 0. The number of hydrogen-bond donors (Lipinski definition) is 4. The van der Waals surface area contributed by atoms with Crippen LogP contribution in [0.2, 0.25) is 0 Å². The molecule has 0 bridgehead atoms. The molecule has 0 saturated carbocycles. The molecule has 0 radical (unpaired) electrons. The second-order valence-electron chi connectivity index (χ2n) is 4.93. The van der Waals surface area contributed by atoms with E-state index in [0.29, 0.717) is 6.66 Å². The van der Waals surface area contributed by atoms with E-state index in [0.717, 1.165) is 0 Å². The van der Waals surface area contributed by atoms with Crippen LogP contribution in [-0.4, -0.2) is 51.4 Å². The number of ether oxygens (including phenoxy) is 1. The zero-order valence-corrected chi connectivity index (χ0v) is 14.7. The maximum atomic E-state index is 11.5. The van der Waals surface area contributed by atoms with E-state index < -0.39 is 42.1 Å². The Bertz CT molecular complexity index is 529. The Hall–Kier alpha value is 0.370. The fraction of sp³-hybridized carbons (Fsp3) is 1.00. The van der Waals surface area contributed by atoms with Crippen molar-refractivity contribution in [2.24, 2.45) is 5.92 Å². The maximum absolute atomic E-state index is 11.5. The molecule has 0 aromatic heterocycles. The summed E-state index contributed by atoms with van der Waals surface area (Å²) in [5.41, 5.74) is 0. The first kappa shape index (κ1) is 20.4. The molecular formula is C8H19O11P3. The average Bonchev–Trinajstić information content (AvgIpc) is 2.49. The normalized spacial score (nSPS) is 37.2. The number of phosphoric ester groups is 1. The van der Waals surface area contributed by atoms with Crippen molar-refractivity contribution >= 4 is 23.2 Å². The van der Waals surface area contributed by atoms with Gasteiger partial charge in [-0.25, -0.2) is 13.4 Å². The highest BCUT2D eigenvalue weighted by molar-refractivity contribution is 7.68. The van der Waals surface area contributed by atoms with Gasteiger partial charge in [-0.15, -0.1) is 0 Å². The van der Waals surface area contributed by atoms with Gasteiger partial charge in [-0.2, -0.15) is 4.31 Å². The SMILES string of the molecule is CC1[C@H](C)O[C@H](COP(=O)(O)OP(=O)(O)OP(C)(=O)O)[C@@H]1O.